The van der Waals surface area contributed by atoms with Gasteiger partial charge < -0.3 is 9.84 Å². The van der Waals surface area contributed by atoms with E-state index in [9.17, 15) is 13.5 Å². The van der Waals surface area contributed by atoms with Crippen molar-refractivity contribution in [2.75, 3.05) is 12.9 Å². The third-order valence-corrected chi connectivity index (χ3v) is 10.9. The van der Waals surface area contributed by atoms with Crippen molar-refractivity contribution in [1.82, 2.24) is 0 Å². The van der Waals surface area contributed by atoms with Crippen LogP contribution in [0, 0.1) is 23.2 Å². The summed E-state index contributed by atoms with van der Waals surface area (Å²) in [6.07, 6.45) is 11.7. The molecule has 1 aliphatic heterocycles. The van der Waals surface area contributed by atoms with Gasteiger partial charge in [0.2, 0.25) is 0 Å². The van der Waals surface area contributed by atoms with Gasteiger partial charge >= 0.3 is 0 Å². The van der Waals surface area contributed by atoms with E-state index < -0.39 is 21.4 Å². The van der Waals surface area contributed by atoms with Crippen LogP contribution in [0.3, 0.4) is 0 Å². The number of methoxy groups -OCH3 is 1. The Labute approximate surface area is 172 Å². The second-order valence-electron chi connectivity index (χ2n) is 9.92. The van der Waals surface area contributed by atoms with Gasteiger partial charge in [-0.05, 0) is 49.9 Å². The van der Waals surface area contributed by atoms with E-state index >= 15 is 0 Å². The molecule has 3 fully saturated rings. The number of aliphatic hydroxyl groups excluding tert-OH is 1. The van der Waals surface area contributed by atoms with Gasteiger partial charge in [-0.25, -0.2) is 8.42 Å². The lowest BCUT2D eigenvalue weighted by Gasteiger charge is -2.46. The van der Waals surface area contributed by atoms with Gasteiger partial charge in [-0.1, -0.05) is 58.8 Å². The predicted octanol–water partition coefficient (Wildman–Crippen LogP) is 4.74. The first-order chi connectivity index (χ1) is 13.4. The fraction of sp³-hybridized carbons (Fsp3) is 1.00. The number of sulfone groups is 1. The zero-order chi connectivity index (χ0) is 20.4. The molecule has 0 spiro atoms. The Hall–Kier alpha value is -0.130. The minimum Gasteiger partial charge on any atom is -0.392 e. The van der Waals surface area contributed by atoms with Crippen LogP contribution < -0.4 is 0 Å². The SMILES string of the molecule is CCCC[C@]1(CC)CS(=O)(=O)C2CC(OC)CCC2[C@H](C2CCCCC2)[C@@H]1O. The molecule has 0 radical (unpaired) electrons. The molecule has 3 aliphatic rings. The van der Waals surface area contributed by atoms with E-state index in [1.165, 1.54) is 19.3 Å². The average Bonchev–Trinajstić information content (AvgIpc) is 2.78. The highest BCUT2D eigenvalue weighted by atomic mass is 32.2. The monoisotopic (exact) mass is 414 g/mol. The first kappa shape index (κ1) is 22.6. The van der Waals surface area contributed by atoms with Gasteiger partial charge in [-0.3, -0.25) is 0 Å². The molecule has 2 saturated carbocycles. The summed E-state index contributed by atoms with van der Waals surface area (Å²) in [5.41, 5.74) is -0.475. The van der Waals surface area contributed by atoms with Crippen molar-refractivity contribution in [2.24, 2.45) is 23.2 Å². The number of ether oxygens (including phenoxy) is 1. The third kappa shape index (κ3) is 4.32. The third-order valence-electron chi connectivity index (χ3n) is 8.49. The standard InChI is InChI=1S/C23H42O4S/c1-4-6-14-23(5-2)16-28(25,26)20-15-18(27-3)12-13-19(20)21(22(23)24)17-10-8-7-9-11-17/h17-22,24H,4-16H2,1-3H3/t18?,19?,20?,21-,22-,23+/m0/s1. The van der Waals surface area contributed by atoms with Crippen molar-refractivity contribution in [3.8, 4) is 0 Å². The second kappa shape index (κ2) is 9.34. The molecule has 5 heteroatoms. The molecule has 0 aromatic rings. The Balaban J connectivity index is 2.03. The summed E-state index contributed by atoms with van der Waals surface area (Å²) in [5, 5.41) is 11.5. The first-order valence-electron chi connectivity index (χ1n) is 11.8. The second-order valence-corrected chi connectivity index (χ2v) is 12.1. The lowest BCUT2D eigenvalue weighted by molar-refractivity contribution is -0.0703. The van der Waals surface area contributed by atoms with E-state index in [0.29, 0.717) is 12.3 Å². The Kier molecular flexibility index (Phi) is 7.53. The van der Waals surface area contributed by atoms with Gasteiger partial charge in [0.1, 0.15) is 0 Å². The lowest BCUT2D eigenvalue weighted by Crippen LogP contribution is -2.48. The summed E-state index contributed by atoms with van der Waals surface area (Å²) in [6, 6.07) is 0. The summed E-state index contributed by atoms with van der Waals surface area (Å²) < 4.78 is 32.9. The average molecular weight is 415 g/mol. The minimum absolute atomic E-state index is 0.0462. The summed E-state index contributed by atoms with van der Waals surface area (Å²) >= 11 is 0. The van der Waals surface area contributed by atoms with Crippen LogP contribution in [0.5, 0.6) is 0 Å². The topological polar surface area (TPSA) is 63.6 Å². The van der Waals surface area contributed by atoms with Gasteiger partial charge in [-0.2, -0.15) is 0 Å². The fourth-order valence-corrected chi connectivity index (χ4v) is 9.67. The van der Waals surface area contributed by atoms with Gasteiger partial charge in [0.15, 0.2) is 9.84 Å². The van der Waals surface area contributed by atoms with E-state index in [2.05, 4.69) is 13.8 Å². The molecule has 2 aliphatic carbocycles. The maximum Gasteiger partial charge on any atom is 0.154 e. The molecule has 0 bridgehead atoms. The van der Waals surface area contributed by atoms with Gasteiger partial charge in [0.05, 0.1) is 23.2 Å². The summed E-state index contributed by atoms with van der Waals surface area (Å²) in [6.45, 7) is 4.25. The van der Waals surface area contributed by atoms with Crippen molar-refractivity contribution in [3.05, 3.63) is 0 Å². The zero-order valence-corrected chi connectivity index (χ0v) is 19.1. The molecule has 0 amide bonds. The van der Waals surface area contributed by atoms with E-state index in [-0.39, 0.29) is 28.9 Å². The minimum atomic E-state index is -3.26. The number of aliphatic hydroxyl groups is 1. The molecular formula is C23H42O4S. The van der Waals surface area contributed by atoms with Crippen molar-refractivity contribution >= 4 is 9.84 Å². The summed E-state index contributed by atoms with van der Waals surface area (Å²) in [5.74, 6) is 0.885. The summed E-state index contributed by atoms with van der Waals surface area (Å²) in [7, 11) is -1.55. The molecule has 1 heterocycles. The quantitative estimate of drug-likeness (QED) is 0.682. The van der Waals surface area contributed by atoms with Gasteiger partial charge in [-0.15, -0.1) is 0 Å². The molecule has 3 unspecified atom stereocenters. The molecule has 164 valence electrons. The molecule has 28 heavy (non-hydrogen) atoms. The van der Waals surface area contributed by atoms with Crippen LogP contribution in [-0.2, 0) is 14.6 Å². The summed E-state index contributed by atoms with van der Waals surface area (Å²) in [4.78, 5) is 0. The van der Waals surface area contributed by atoms with Crippen LogP contribution in [0.1, 0.15) is 90.9 Å². The molecular weight excluding hydrogens is 372 g/mol. The highest BCUT2D eigenvalue weighted by Gasteiger charge is 2.56. The molecule has 0 aromatic carbocycles. The Bertz CT molecular complexity index is 598. The molecule has 6 atom stereocenters. The fourth-order valence-electron chi connectivity index (χ4n) is 6.78. The van der Waals surface area contributed by atoms with Crippen LogP contribution >= 0.6 is 0 Å². The number of rotatable bonds is 6. The highest BCUT2D eigenvalue weighted by Crippen LogP contribution is 2.53. The van der Waals surface area contributed by atoms with Crippen LogP contribution in [0.25, 0.3) is 0 Å². The lowest BCUT2D eigenvalue weighted by atomic mass is 9.61. The number of hydrogen-bond acceptors (Lipinski definition) is 4. The Morgan fingerprint density at radius 3 is 2.39 bits per heavy atom. The zero-order valence-electron chi connectivity index (χ0n) is 18.2. The smallest absolute Gasteiger partial charge is 0.154 e. The molecule has 4 nitrogen and oxygen atoms in total. The Morgan fingerprint density at radius 1 is 1.07 bits per heavy atom. The normalized spacial score (nSPS) is 41.9. The number of hydrogen-bond donors (Lipinski definition) is 1. The predicted molar refractivity (Wildman–Crippen MR) is 114 cm³/mol. The molecule has 1 saturated heterocycles. The van der Waals surface area contributed by atoms with E-state index in [0.717, 1.165) is 51.4 Å². The van der Waals surface area contributed by atoms with Crippen LogP contribution in [0.15, 0.2) is 0 Å². The maximum atomic E-state index is 13.6. The van der Waals surface area contributed by atoms with Crippen LogP contribution in [0.2, 0.25) is 0 Å². The molecule has 0 aromatic heterocycles. The maximum absolute atomic E-state index is 13.6. The van der Waals surface area contributed by atoms with Gasteiger partial charge in [0, 0.05) is 12.5 Å². The largest absolute Gasteiger partial charge is 0.392 e. The van der Waals surface area contributed by atoms with Crippen molar-refractivity contribution in [1.29, 1.82) is 0 Å². The molecule has 3 rings (SSSR count). The van der Waals surface area contributed by atoms with E-state index in [1.54, 1.807) is 7.11 Å². The van der Waals surface area contributed by atoms with E-state index in [4.69, 9.17) is 4.74 Å². The van der Waals surface area contributed by atoms with Crippen LogP contribution in [0.4, 0.5) is 0 Å². The van der Waals surface area contributed by atoms with Crippen molar-refractivity contribution in [2.45, 2.75) is 108 Å². The van der Waals surface area contributed by atoms with Crippen molar-refractivity contribution < 1.29 is 18.3 Å². The highest BCUT2D eigenvalue weighted by molar-refractivity contribution is 7.92. The van der Waals surface area contributed by atoms with E-state index in [1.807, 2.05) is 0 Å². The number of fused-ring (bicyclic) bond motifs is 1. The first-order valence-corrected chi connectivity index (χ1v) is 13.5. The van der Waals surface area contributed by atoms with Gasteiger partial charge in [0.25, 0.3) is 0 Å². The molecule has 1 N–H and O–H groups in total. The Morgan fingerprint density at radius 2 is 1.79 bits per heavy atom. The number of unbranched alkanes of at least 4 members (excludes halogenated alkanes) is 1. The van der Waals surface area contributed by atoms with Crippen molar-refractivity contribution in [3.63, 3.8) is 0 Å². The van der Waals surface area contributed by atoms with Crippen LogP contribution in [-0.4, -0.2) is 43.8 Å².